The van der Waals surface area contributed by atoms with Gasteiger partial charge in [0.05, 0.1) is 18.1 Å². The lowest BCUT2D eigenvalue weighted by Crippen LogP contribution is -2.50. The molecule has 6 nitrogen and oxygen atoms in total. The van der Waals surface area contributed by atoms with Crippen LogP contribution in [0.15, 0.2) is 48.7 Å². The first-order chi connectivity index (χ1) is 11.9. The van der Waals surface area contributed by atoms with Crippen molar-refractivity contribution in [2.75, 3.05) is 0 Å². The summed E-state index contributed by atoms with van der Waals surface area (Å²) in [5, 5.41) is 19.8. The molecular formula is C18H16FN3O3. The number of aromatic nitrogens is 2. The van der Waals surface area contributed by atoms with Gasteiger partial charge in [0.2, 0.25) is 5.91 Å². The monoisotopic (exact) mass is 341 g/mol. The first kappa shape index (κ1) is 16.6. The van der Waals surface area contributed by atoms with E-state index in [1.165, 1.54) is 19.1 Å². The maximum absolute atomic E-state index is 13.1. The minimum atomic E-state index is -1.65. The first-order valence-electron chi connectivity index (χ1n) is 7.61. The van der Waals surface area contributed by atoms with Crippen LogP contribution in [0.5, 0.6) is 0 Å². The van der Waals surface area contributed by atoms with Gasteiger partial charge in [-0.15, -0.1) is 0 Å². The average molecular weight is 341 g/mol. The summed E-state index contributed by atoms with van der Waals surface area (Å²) < 4.78 is 13.1. The number of nitrogens with one attached hydrogen (secondary N) is 2. The number of fused-ring (bicyclic) bond motifs is 1. The Bertz CT molecular complexity index is 936. The van der Waals surface area contributed by atoms with Gasteiger partial charge in [0, 0.05) is 5.39 Å². The molecule has 2 aromatic carbocycles. The predicted octanol–water partition coefficient (Wildman–Crippen LogP) is 2.36. The number of carbonyl (C=O) groups excluding carboxylic acids is 1. The molecule has 1 atom stereocenters. The molecule has 0 aliphatic heterocycles. The number of carboxylic acid groups (broad SMARTS) is 1. The summed E-state index contributed by atoms with van der Waals surface area (Å²) in [5.41, 5.74) is 0.160. The van der Waals surface area contributed by atoms with Gasteiger partial charge in [0.1, 0.15) is 5.82 Å². The molecule has 1 amide bonds. The molecule has 128 valence electrons. The van der Waals surface area contributed by atoms with Crippen LogP contribution in [0.1, 0.15) is 18.1 Å². The Kier molecular flexibility index (Phi) is 4.22. The van der Waals surface area contributed by atoms with Gasteiger partial charge in [-0.25, -0.2) is 9.18 Å². The van der Waals surface area contributed by atoms with E-state index in [-0.39, 0.29) is 6.42 Å². The highest BCUT2D eigenvalue weighted by Gasteiger charge is 2.36. The highest BCUT2D eigenvalue weighted by atomic mass is 19.1. The molecule has 3 aromatic rings. The van der Waals surface area contributed by atoms with Gasteiger partial charge in [-0.3, -0.25) is 9.89 Å². The topological polar surface area (TPSA) is 95.1 Å². The summed E-state index contributed by atoms with van der Waals surface area (Å²) in [6.07, 6.45) is 1.69. The largest absolute Gasteiger partial charge is 0.479 e. The molecule has 0 saturated carbocycles. The van der Waals surface area contributed by atoms with Crippen LogP contribution in [-0.4, -0.2) is 27.2 Å². The zero-order chi connectivity index (χ0) is 18.0. The summed E-state index contributed by atoms with van der Waals surface area (Å²) >= 11 is 0. The van der Waals surface area contributed by atoms with Crippen LogP contribution in [-0.2, 0) is 21.5 Å². The van der Waals surface area contributed by atoms with Crippen LogP contribution in [0, 0.1) is 5.82 Å². The van der Waals surface area contributed by atoms with Gasteiger partial charge in [-0.2, -0.15) is 5.10 Å². The number of halogens is 1. The van der Waals surface area contributed by atoms with Gasteiger partial charge in [0.15, 0.2) is 5.54 Å². The lowest BCUT2D eigenvalue weighted by atomic mass is 9.91. The molecule has 0 spiro atoms. The maximum Gasteiger partial charge on any atom is 0.333 e. The highest BCUT2D eigenvalue weighted by molar-refractivity contribution is 5.89. The molecule has 25 heavy (non-hydrogen) atoms. The van der Waals surface area contributed by atoms with E-state index in [2.05, 4.69) is 15.5 Å². The lowest BCUT2D eigenvalue weighted by molar-refractivity contribution is -0.147. The SMILES string of the molecule is CC(NC(=O)Cc1ccc2cn[nH]c2c1)(C(=O)O)c1ccc(F)cc1. The van der Waals surface area contributed by atoms with Crippen molar-refractivity contribution >= 4 is 22.8 Å². The van der Waals surface area contributed by atoms with E-state index in [9.17, 15) is 19.1 Å². The Morgan fingerprint density at radius 1 is 1.24 bits per heavy atom. The molecule has 3 rings (SSSR count). The number of nitrogens with zero attached hydrogens (tertiary/aromatic N) is 1. The second-order valence-electron chi connectivity index (χ2n) is 5.95. The van der Waals surface area contributed by atoms with Gasteiger partial charge in [-0.1, -0.05) is 24.3 Å². The molecule has 7 heteroatoms. The van der Waals surface area contributed by atoms with Crippen LogP contribution in [0.3, 0.4) is 0 Å². The van der Waals surface area contributed by atoms with Crippen LogP contribution >= 0.6 is 0 Å². The van der Waals surface area contributed by atoms with Gasteiger partial charge in [-0.05, 0) is 36.2 Å². The van der Waals surface area contributed by atoms with Crippen molar-refractivity contribution < 1.29 is 19.1 Å². The molecular weight excluding hydrogens is 325 g/mol. The number of hydrogen-bond acceptors (Lipinski definition) is 3. The Morgan fingerprint density at radius 2 is 1.96 bits per heavy atom. The van der Waals surface area contributed by atoms with E-state index in [1.807, 2.05) is 6.07 Å². The summed E-state index contributed by atoms with van der Waals surface area (Å²) in [4.78, 5) is 24.1. The summed E-state index contributed by atoms with van der Waals surface area (Å²) in [7, 11) is 0. The average Bonchev–Trinajstić information content (AvgIpc) is 3.02. The molecule has 0 aliphatic rings. The van der Waals surface area contributed by atoms with E-state index >= 15 is 0 Å². The molecule has 0 bridgehead atoms. The van der Waals surface area contributed by atoms with Crippen molar-refractivity contribution in [2.45, 2.75) is 18.9 Å². The number of aromatic amines is 1. The summed E-state index contributed by atoms with van der Waals surface area (Å²) in [6, 6.07) is 10.4. The van der Waals surface area contributed by atoms with Crippen LogP contribution in [0.4, 0.5) is 4.39 Å². The Morgan fingerprint density at radius 3 is 2.64 bits per heavy atom. The van der Waals surface area contributed by atoms with Crippen molar-refractivity contribution in [1.29, 1.82) is 0 Å². The van der Waals surface area contributed by atoms with Gasteiger partial charge < -0.3 is 10.4 Å². The molecule has 0 radical (unpaired) electrons. The van der Waals surface area contributed by atoms with E-state index in [0.29, 0.717) is 5.56 Å². The van der Waals surface area contributed by atoms with Crippen LogP contribution in [0.2, 0.25) is 0 Å². The Hall–Kier alpha value is -3.22. The third kappa shape index (κ3) is 3.35. The fraction of sp³-hybridized carbons (Fsp3) is 0.167. The zero-order valence-corrected chi connectivity index (χ0v) is 13.4. The first-order valence-corrected chi connectivity index (χ1v) is 7.61. The number of benzene rings is 2. The van der Waals surface area contributed by atoms with E-state index < -0.39 is 23.2 Å². The number of rotatable bonds is 5. The molecule has 1 heterocycles. The second-order valence-corrected chi connectivity index (χ2v) is 5.95. The highest BCUT2D eigenvalue weighted by Crippen LogP contribution is 2.22. The third-order valence-corrected chi connectivity index (χ3v) is 4.11. The van der Waals surface area contributed by atoms with Crippen molar-refractivity contribution in [3.05, 3.63) is 65.6 Å². The number of carbonyl (C=O) groups is 2. The van der Waals surface area contributed by atoms with Gasteiger partial charge >= 0.3 is 5.97 Å². The molecule has 1 unspecified atom stereocenters. The molecule has 1 aromatic heterocycles. The molecule has 0 saturated heterocycles. The minimum Gasteiger partial charge on any atom is -0.479 e. The van der Waals surface area contributed by atoms with Crippen molar-refractivity contribution in [3.63, 3.8) is 0 Å². The lowest BCUT2D eigenvalue weighted by Gasteiger charge is -2.27. The quantitative estimate of drug-likeness (QED) is 0.664. The smallest absolute Gasteiger partial charge is 0.333 e. The maximum atomic E-state index is 13.1. The fourth-order valence-corrected chi connectivity index (χ4v) is 2.63. The number of H-pyrrole nitrogens is 1. The second kappa shape index (κ2) is 6.35. The van der Waals surface area contributed by atoms with Crippen molar-refractivity contribution in [3.8, 4) is 0 Å². The summed E-state index contributed by atoms with van der Waals surface area (Å²) in [5.74, 6) is -2.15. The number of hydrogen-bond donors (Lipinski definition) is 3. The number of carboxylic acids is 1. The standard InChI is InChI=1S/C18H16FN3O3/c1-18(17(24)25,13-4-6-14(19)7-5-13)21-16(23)9-11-2-3-12-10-20-22-15(12)8-11/h2-8,10H,9H2,1H3,(H,20,22)(H,21,23)(H,24,25). The minimum absolute atomic E-state index is 0.0129. The van der Waals surface area contributed by atoms with E-state index in [0.717, 1.165) is 28.6 Å². The van der Waals surface area contributed by atoms with Gasteiger partial charge in [0.25, 0.3) is 0 Å². The fourth-order valence-electron chi connectivity index (χ4n) is 2.63. The molecule has 0 fully saturated rings. The molecule has 3 N–H and O–H groups in total. The van der Waals surface area contributed by atoms with Crippen LogP contribution < -0.4 is 5.32 Å². The van der Waals surface area contributed by atoms with Crippen molar-refractivity contribution in [2.24, 2.45) is 0 Å². The Balaban J connectivity index is 1.80. The number of amides is 1. The zero-order valence-electron chi connectivity index (χ0n) is 13.4. The Labute approximate surface area is 142 Å². The predicted molar refractivity (Wildman–Crippen MR) is 89.3 cm³/mol. The molecule has 0 aliphatic carbocycles. The van der Waals surface area contributed by atoms with Crippen LogP contribution in [0.25, 0.3) is 10.9 Å². The van der Waals surface area contributed by atoms with Crippen molar-refractivity contribution in [1.82, 2.24) is 15.5 Å². The summed E-state index contributed by atoms with van der Waals surface area (Å²) in [6.45, 7) is 1.37. The third-order valence-electron chi connectivity index (χ3n) is 4.11. The van der Waals surface area contributed by atoms with E-state index in [4.69, 9.17) is 0 Å². The normalized spacial score (nSPS) is 13.4. The number of aliphatic carboxylic acids is 1. The van der Waals surface area contributed by atoms with E-state index in [1.54, 1.807) is 18.3 Å².